The lowest BCUT2D eigenvalue weighted by Crippen LogP contribution is -2.49. The van der Waals surface area contributed by atoms with Crippen molar-refractivity contribution >= 4 is 28.5 Å². The zero-order valence-corrected chi connectivity index (χ0v) is 18.8. The van der Waals surface area contributed by atoms with E-state index in [0.29, 0.717) is 40.7 Å². The lowest BCUT2D eigenvalue weighted by atomic mass is 10.1. The molecule has 170 valence electrons. The molecule has 5 rings (SSSR count). The molecule has 33 heavy (non-hydrogen) atoms. The Labute approximate surface area is 194 Å². The minimum Gasteiger partial charge on any atom is -0.493 e. The zero-order valence-electron chi connectivity index (χ0n) is 18.0. The van der Waals surface area contributed by atoms with Crippen LogP contribution in [0.5, 0.6) is 11.5 Å². The van der Waals surface area contributed by atoms with Crippen molar-refractivity contribution in [2.24, 2.45) is 10.9 Å². The Morgan fingerprint density at radius 1 is 1.15 bits per heavy atom. The van der Waals surface area contributed by atoms with Gasteiger partial charge >= 0.3 is 0 Å². The molecule has 1 amide bonds. The molecular weight excluding hydrogens is 444 g/mol. The highest BCUT2D eigenvalue weighted by Gasteiger charge is 2.42. The zero-order chi connectivity index (χ0) is 22.8. The summed E-state index contributed by atoms with van der Waals surface area (Å²) in [6, 6.07) is 14.9. The van der Waals surface area contributed by atoms with Crippen LogP contribution < -0.4 is 25.2 Å². The number of fused-ring (bicyclic) bond motifs is 1. The number of thioether (sulfide) groups is 1. The van der Waals surface area contributed by atoms with Gasteiger partial charge in [-0.1, -0.05) is 35.1 Å². The van der Waals surface area contributed by atoms with Crippen LogP contribution in [-0.4, -0.2) is 48.1 Å². The number of ether oxygens (including phenoxy) is 2. The van der Waals surface area contributed by atoms with E-state index in [-0.39, 0.29) is 18.0 Å². The van der Waals surface area contributed by atoms with Crippen LogP contribution in [0, 0.1) is 5.92 Å². The van der Waals surface area contributed by atoms with Gasteiger partial charge in [-0.15, -0.1) is 0 Å². The first kappa shape index (κ1) is 21.4. The van der Waals surface area contributed by atoms with E-state index < -0.39 is 0 Å². The number of nitrogens with zero attached hydrogens (tertiary/aromatic N) is 4. The first-order valence-electron chi connectivity index (χ1n) is 10.3. The number of amides is 1. The molecule has 1 aromatic heterocycles. The van der Waals surface area contributed by atoms with E-state index >= 15 is 0 Å². The molecule has 3 heterocycles. The maximum atomic E-state index is 13.2. The van der Waals surface area contributed by atoms with Crippen LogP contribution in [0.25, 0.3) is 11.4 Å². The molecule has 0 bridgehead atoms. The molecule has 2 atom stereocenters. The van der Waals surface area contributed by atoms with Crippen molar-refractivity contribution in [1.82, 2.24) is 21.0 Å². The Morgan fingerprint density at radius 3 is 2.76 bits per heavy atom. The molecule has 10 nitrogen and oxygen atoms in total. The first-order valence-corrected chi connectivity index (χ1v) is 11.3. The number of amidine groups is 1. The number of hydrogen-bond acceptors (Lipinski definition) is 10. The summed E-state index contributed by atoms with van der Waals surface area (Å²) >= 11 is 1.37. The van der Waals surface area contributed by atoms with Gasteiger partial charge in [0, 0.05) is 12.1 Å². The molecule has 2 aliphatic heterocycles. The normalized spacial score (nSPS) is 19.9. The van der Waals surface area contributed by atoms with E-state index in [2.05, 4.69) is 21.0 Å². The van der Waals surface area contributed by atoms with Crippen LogP contribution in [-0.2, 0) is 10.5 Å². The summed E-state index contributed by atoms with van der Waals surface area (Å²) in [5.74, 6) is 2.17. The number of benzene rings is 2. The highest BCUT2D eigenvalue weighted by Crippen LogP contribution is 2.33. The molecule has 2 unspecified atom stereocenters. The number of aliphatic imine (C=N–C) groups is 1. The predicted octanol–water partition coefficient (Wildman–Crippen LogP) is 2.44. The highest BCUT2D eigenvalue weighted by molar-refractivity contribution is 8.13. The molecule has 1 saturated heterocycles. The Kier molecular flexibility index (Phi) is 5.99. The Hall–Kier alpha value is -3.41. The van der Waals surface area contributed by atoms with Crippen LogP contribution >= 0.6 is 11.8 Å². The highest BCUT2D eigenvalue weighted by atomic mass is 32.2. The molecule has 0 saturated carbocycles. The van der Waals surface area contributed by atoms with Crippen LogP contribution in [0.3, 0.4) is 0 Å². The number of carbonyl (C=O) groups excluding carboxylic acids is 1. The number of aromatic nitrogens is 2. The summed E-state index contributed by atoms with van der Waals surface area (Å²) in [5.41, 5.74) is 7.61. The molecule has 2 aliphatic rings. The van der Waals surface area contributed by atoms with Gasteiger partial charge in [-0.05, 0) is 30.3 Å². The molecule has 2 N–H and O–H groups in total. The van der Waals surface area contributed by atoms with Gasteiger partial charge in [-0.25, -0.2) is 10.4 Å². The van der Waals surface area contributed by atoms with Crippen LogP contribution in [0.4, 0.5) is 5.69 Å². The smallest absolute Gasteiger partial charge is 0.241 e. The number of para-hydroxylation sites is 1. The van der Waals surface area contributed by atoms with Crippen molar-refractivity contribution in [3.63, 3.8) is 0 Å². The number of hydrazine groups is 1. The van der Waals surface area contributed by atoms with Gasteiger partial charge in [0.1, 0.15) is 6.17 Å². The number of rotatable bonds is 6. The number of carbonyl (C=O) groups is 1. The van der Waals surface area contributed by atoms with Crippen LogP contribution in [0.1, 0.15) is 5.89 Å². The largest absolute Gasteiger partial charge is 0.493 e. The average molecular weight is 467 g/mol. The fourth-order valence-corrected chi connectivity index (χ4v) is 4.60. The third-order valence-corrected chi connectivity index (χ3v) is 6.32. The number of methoxy groups -OCH3 is 2. The fourth-order valence-electron chi connectivity index (χ4n) is 3.72. The van der Waals surface area contributed by atoms with Gasteiger partial charge < -0.3 is 14.0 Å². The SMILES string of the molecule is COc1ccc(-c2noc(CSC3=NC4NNCC4C(=O)N3c3ccccc3)n2)cc1OC. The van der Waals surface area contributed by atoms with Crippen molar-refractivity contribution in [1.29, 1.82) is 0 Å². The lowest BCUT2D eigenvalue weighted by Gasteiger charge is -2.32. The monoisotopic (exact) mass is 466 g/mol. The van der Waals surface area contributed by atoms with Gasteiger partial charge in [-0.2, -0.15) is 4.98 Å². The van der Waals surface area contributed by atoms with Gasteiger partial charge in [0.25, 0.3) is 0 Å². The molecule has 11 heteroatoms. The Bertz CT molecular complexity index is 1180. The van der Waals surface area contributed by atoms with E-state index in [1.165, 1.54) is 11.8 Å². The van der Waals surface area contributed by atoms with E-state index in [1.807, 2.05) is 36.4 Å². The fraction of sp³-hybridized carbons (Fsp3) is 0.273. The standard InChI is InChI=1S/C22H22N6O4S/c1-30-16-9-8-13(10-17(16)31-2)19-24-18(32-27-19)12-33-22-25-20-15(11-23-26-20)21(29)28(22)14-6-4-3-5-7-14/h3-10,15,20,23,26H,11-12H2,1-2H3. The second-order valence-corrected chi connectivity index (χ2v) is 8.31. The molecule has 1 fully saturated rings. The van der Waals surface area contributed by atoms with E-state index in [9.17, 15) is 4.79 Å². The van der Waals surface area contributed by atoms with Crippen LogP contribution in [0.15, 0.2) is 58.0 Å². The molecular formula is C22H22N6O4S. The third kappa shape index (κ3) is 4.17. The molecule has 2 aromatic carbocycles. The lowest BCUT2D eigenvalue weighted by molar-refractivity contribution is -0.121. The Balaban J connectivity index is 1.36. The summed E-state index contributed by atoms with van der Waals surface area (Å²) in [4.78, 5) is 24.1. The summed E-state index contributed by atoms with van der Waals surface area (Å²) in [6.45, 7) is 0.534. The van der Waals surface area contributed by atoms with Gasteiger partial charge in [-0.3, -0.25) is 15.1 Å². The summed E-state index contributed by atoms with van der Waals surface area (Å²) in [5, 5.41) is 4.67. The quantitative estimate of drug-likeness (QED) is 0.565. The maximum Gasteiger partial charge on any atom is 0.241 e. The van der Waals surface area contributed by atoms with Crippen molar-refractivity contribution in [3.8, 4) is 22.9 Å². The molecule has 0 spiro atoms. The second kappa shape index (κ2) is 9.22. The molecule has 0 radical (unpaired) electrons. The second-order valence-electron chi connectivity index (χ2n) is 7.37. The minimum absolute atomic E-state index is 0.00209. The summed E-state index contributed by atoms with van der Waals surface area (Å²) in [6.07, 6.45) is -0.301. The van der Waals surface area contributed by atoms with E-state index in [0.717, 1.165) is 11.3 Å². The molecule has 3 aromatic rings. The Morgan fingerprint density at radius 2 is 1.97 bits per heavy atom. The van der Waals surface area contributed by atoms with Crippen molar-refractivity contribution in [2.45, 2.75) is 11.9 Å². The van der Waals surface area contributed by atoms with Crippen LogP contribution in [0.2, 0.25) is 0 Å². The van der Waals surface area contributed by atoms with Gasteiger partial charge in [0.2, 0.25) is 17.6 Å². The first-order chi connectivity index (χ1) is 16.2. The maximum absolute atomic E-state index is 13.2. The number of hydrogen-bond donors (Lipinski definition) is 2. The summed E-state index contributed by atoms with van der Waals surface area (Å²) < 4.78 is 16.1. The third-order valence-electron chi connectivity index (χ3n) is 5.38. The van der Waals surface area contributed by atoms with Crippen molar-refractivity contribution in [3.05, 3.63) is 54.4 Å². The number of anilines is 1. The summed E-state index contributed by atoms with van der Waals surface area (Å²) in [7, 11) is 3.15. The molecule has 0 aliphatic carbocycles. The number of nitrogens with one attached hydrogen (secondary N) is 2. The van der Waals surface area contributed by atoms with Gasteiger partial charge in [0.05, 0.1) is 31.6 Å². The minimum atomic E-state index is -0.301. The van der Waals surface area contributed by atoms with E-state index in [4.69, 9.17) is 19.0 Å². The topological polar surface area (TPSA) is 114 Å². The van der Waals surface area contributed by atoms with Gasteiger partial charge in [0.15, 0.2) is 16.7 Å². The predicted molar refractivity (Wildman–Crippen MR) is 124 cm³/mol. The average Bonchev–Trinajstić information content (AvgIpc) is 3.53. The van der Waals surface area contributed by atoms with E-state index in [1.54, 1.807) is 31.3 Å². The van der Waals surface area contributed by atoms with Crippen molar-refractivity contribution in [2.75, 3.05) is 25.7 Å². The van der Waals surface area contributed by atoms with Crippen molar-refractivity contribution < 1.29 is 18.8 Å².